The third kappa shape index (κ3) is 3.23. The fourth-order valence-electron chi connectivity index (χ4n) is 3.14. The predicted molar refractivity (Wildman–Crippen MR) is 73.5 cm³/mol. The molecule has 1 atom stereocenters. The van der Waals surface area contributed by atoms with Crippen molar-refractivity contribution < 1.29 is 4.79 Å². The molecule has 1 amide bonds. The molecule has 18 heavy (non-hydrogen) atoms. The quantitative estimate of drug-likeness (QED) is 0.814. The van der Waals surface area contributed by atoms with Crippen LogP contribution in [0.3, 0.4) is 0 Å². The Morgan fingerprint density at radius 1 is 1.22 bits per heavy atom. The molecule has 104 valence electrons. The Morgan fingerprint density at radius 2 is 1.83 bits per heavy atom. The van der Waals surface area contributed by atoms with E-state index in [0.717, 1.165) is 32.7 Å². The largest absolute Gasteiger partial charge is 0.341 e. The van der Waals surface area contributed by atoms with Crippen LogP contribution in [0.2, 0.25) is 0 Å². The molecule has 1 unspecified atom stereocenters. The highest BCUT2D eigenvalue weighted by atomic mass is 16.2. The monoisotopic (exact) mass is 253 g/mol. The van der Waals surface area contributed by atoms with Crippen LogP contribution in [0.1, 0.15) is 39.5 Å². The molecule has 2 aliphatic rings. The van der Waals surface area contributed by atoms with Crippen LogP contribution in [0.25, 0.3) is 0 Å². The van der Waals surface area contributed by atoms with Crippen LogP contribution in [0.4, 0.5) is 0 Å². The van der Waals surface area contributed by atoms with Gasteiger partial charge in [-0.3, -0.25) is 9.69 Å². The van der Waals surface area contributed by atoms with Gasteiger partial charge in [-0.25, -0.2) is 0 Å². The standard InChI is InChI=1S/C14H27N3O/c1-3-15-13-6-10-16(11-7-13)12(2)14(18)17-8-4-5-9-17/h12-13,15H,3-11H2,1-2H3. The van der Waals surface area contributed by atoms with Gasteiger partial charge in [-0.15, -0.1) is 0 Å². The Morgan fingerprint density at radius 3 is 2.39 bits per heavy atom. The molecule has 2 heterocycles. The van der Waals surface area contributed by atoms with Crippen LogP contribution in [-0.2, 0) is 4.79 Å². The predicted octanol–water partition coefficient (Wildman–Crippen LogP) is 1.07. The number of amides is 1. The van der Waals surface area contributed by atoms with Crippen molar-refractivity contribution in [3.05, 3.63) is 0 Å². The minimum Gasteiger partial charge on any atom is -0.341 e. The van der Waals surface area contributed by atoms with E-state index in [1.807, 2.05) is 4.90 Å². The lowest BCUT2D eigenvalue weighted by atomic mass is 10.0. The molecule has 1 N–H and O–H groups in total. The molecule has 0 saturated carbocycles. The summed E-state index contributed by atoms with van der Waals surface area (Å²) in [6.45, 7) is 9.33. The van der Waals surface area contributed by atoms with Crippen molar-refractivity contribution in [3.63, 3.8) is 0 Å². The van der Waals surface area contributed by atoms with Crippen molar-refractivity contribution >= 4 is 5.91 Å². The normalized spacial score (nSPS) is 24.4. The second-order valence-corrected chi connectivity index (χ2v) is 5.58. The smallest absolute Gasteiger partial charge is 0.239 e. The highest BCUT2D eigenvalue weighted by Crippen LogP contribution is 2.16. The SMILES string of the molecule is CCNC1CCN(C(C)C(=O)N2CCCC2)CC1. The Kier molecular flexibility index (Phi) is 5.01. The van der Waals surface area contributed by atoms with Gasteiger partial charge in [-0.05, 0) is 39.2 Å². The van der Waals surface area contributed by atoms with Gasteiger partial charge in [-0.2, -0.15) is 0 Å². The maximum Gasteiger partial charge on any atom is 0.239 e. The molecule has 4 heteroatoms. The van der Waals surface area contributed by atoms with Crippen LogP contribution in [0, 0.1) is 0 Å². The van der Waals surface area contributed by atoms with E-state index in [-0.39, 0.29) is 6.04 Å². The van der Waals surface area contributed by atoms with E-state index >= 15 is 0 Å². The van der Waals surface area contributed by atoms with E-state index in [9.17, 15) is 4.79 Å². The summed E-state index contributed by atoms with van der Waals surface area (Å²) in [5, 5.41) is 3.51. The topological polar surface area (TPSA) is 35.6 Å². The van der Waals surface area contributed by atoms with Crippen LogP contribution in [-0.4, -0.2) is 60.5 Å². The van der Waals surface area contributed by atoms with Crippen molar-refractivity contribution in [1.82, 2.24) is 15.1 Å². The van der Waals surface area contributed by atoms with Crippen molar-refractivity contribution in [3.8, 4) is 0 Å². The van der Waals surface area contributed by atoms with Gasteiger partial charge in [0.15, 0.2) is 0 Å². The Labute approximate surface area is 111 Å². The number of carbonyl (C=O) groups is 1. The number of nitrogens with zero attached hydrogens (tertiary/aromatic N) is 2. The van der Waals surface area contributed by atoms with Gasteiger partial charge in [0.25, 0.3) is 0 Å². The van der Waals surface area contributed by atoms with E-state index in [1.165, 1.54) is 25.7 Å². The summed E-state index contributed by atoms with van der Waals surface area (Å²) in [5.41, 5.74) is 0. The Hall–Kier alpha value is -0.610. The lowest BCUT2D eigenvalue weighted by Crippen LogP contribution is -2.51. The van der Waals surface area contributed by atoms with Gasteiger partial charge in [0.1, 0.15) is 0 Å². The summed E-state index contributed by atoms with van der Waals surface area (Å²) in [7, 11) is 0. The molecular weight excluding hydrogens is 226 g/mol. The minimum atomic E-state index is 0.0747. The first-order chi connectivity index (χ1) is 8.72. The maximum atomic E-state index is 12.3. The number of nitrogens with one attached hydrogen (secondary N) is 1. The second-order valence-electron chi connectivity index (χ2n) is 5.58. The summed E-state index contributed by atoms with van der Waals surface area (Å²) in [6, 6.07) is 0.728. The van der Waals surface area contributed by atoms with Crippen LogP contribution in [0.15, 0.2) is 0 Å². The highest BCUT2D eigenvalue weighted by molar-refractivity contribution is 5.81. The van der Waals surface area contributed by atoms with Gasteiger partial charge in [0.2, 0.25) is 5.91 Å². The van der Waals surface area contributed by atoms with Crippen molar-refractivity contribution in [2.45, 2.75) is 51.6 Å². The van der Waals surface area contributed by atoms with Crippen LogP contribution < -0.4 is 5.32 Å². The first-order valence-electron chi connectivity index (χ1n) is 7.48. The molecule has 0 aromatic heterocycles. The third-order valence-electron chi connectivity index (χ3n) is 4.35. The summed E-state index contributed by atoms with van der Waals surface area (Å²) >= 11 is 0. The Balaban J connectivity index is 1.79. The summed E-state index contributed by atoms with van der Waals surface area (Å²) in [5.74, 6) is 0.342. The Bertz CT molecular complexity index is 268. The molecule has 0 bridgehead atoms. The number of likely N-dealkylation sites (tertiary alicyclic amines) is 2. The molecule has 0 aromatic carbocycles. The molecule has 2 saturated heterocycles. The van der Waals surface area contributed by atoms with Crippen molar-refractivity contribution in [2.75, 3.05) is 32.7 Å². The third-order valence-corrected chi connectivity index (χ3v) is 4.35. The fraction of sp³-hybridized carbons (Fsp3) is 0.929. The van der Waals surface area contributed by atoms with E-state index in [2.05, 4.69) is 24.1 Å². The summed E-state index contributed by atoms with van der Waals surface area (Å²) < 4.78 is 0. The van der Waals surface area contributed by atoms with E-state index < -0.39 is 0 Å². The molecule has 2 aliphatic heterocycles. The number of rotatable bonds is 4. The molecule has 0 aliphatic carbocycles. The molecule has 4 nitrogen and oxygen atoms in total. The lowest BCUT2D eigenvalue weighted by molar-refractivity contribution is -0.135. The second kappa shape index (κ2) is 6.53. The zero-order valence-electron chi connectivity index (χ0n) is 11.8. The number of piperidine rings is 1. The van der Waals surface area contributed by atoms with Gasteiger partial charge in [0, 0.05) is 32.2 Å². The fourth-order valence-corrected chi connectivity index (χ4v) is 3.14. The van der Waals surface area contributed by atoms with E-state index in [4.69, 9.17) is 0 Å². The maximum absolute atomic E-state index is 12.3. The first-order valence-corrected chi connectivity index (χ1v) is 7.48. The average molecular weight is 253 g/mol. The van der Waals surface area contributed by atoms with Crippen molar-refractivity contribution in [1.29, 1.82) is 0 Å². The summed E-state index contributed by atoms with van der Waals surface area (Å²) in [4.78, 5) is 16.7. The van der Waals surface area contributed by atoms with Crippen LogP contribution in [0.5, 0.6) is 0 Å². The van der Waals surface area contributed by atoms with Gasteiger partial charge in [0.05, 0.1) is 6.04 Å². The van der Waals surface area contributed by atoms with Gasteiger partial charge in [-0.1, -0.05) is 6.92 Å². The molecule has 0 spiro atoms. The van der Waals surface area contributed by atoms with Gasteiger partial charge >= 0.3 is 0 Å². The molecule has 2 fully saturated rings. The summed E-state index contributed by atoms with van der Waals surface area (Å²) in [6.07, 6.45) is 4.71. The first kappa shape index (κ1) is 13.8. The van der Waals surface area contributed by atoms with Crippen molar-refractivity contribution in [2.24, 2.45) is 0 Å². The zero-order chi connectivity index (χ0) is 13.0. The number of hydrogen-bond donors (Lipinski definition) is 1. The lowest BCUT2D eigenvalue weighted by Gasteiger charge is -2.36. The minimum absolute atomic E-state index is 0.0747. The van der Waals surface area contributed by atoms with E-state index in [0.29, 0.717) is 11.9 Å². The molecular formula is C14H27N3O. The highest BCUT2D eigenvalue weighted by Gasteiger charge is 2.30. The van der Waals surface area contributed by atoms with E-state index in [1.54, 1.807) is 0 Å². The molecule has 0 aromatic rings. The molecule has 0 radical (unpaired) electrons. The number of hydrogen-bond acceptors (Lipinski definition) is 3. The zero-order valence-corrected chi connectivity index (χ0v) is 11.8. The average Bonchev–Trinajstić information content (AvgIpc) is 2.92. The van der Waals surface area contributed by atoms with Crippen LogP contribution >= 0.6 is 0 Å². The number of carbonyl (C=O) groups excluding carboxylic acids is 1. The van der Waals surface area contributed by atoms with Gasteiger partial charge < -0.3 is 10.2 Å². The molecule has 2 rings (SSSR count).